The van der Waals surface area contributed by atoms with Crippen LogP contribution >= 0.6 is 0 Å². The Kier molecular flexibility index (Phi) is 4.97. The largest absolute Gasteiger partial charge is 0.323 e. The first kappa shape index (κ1) is 18.7. The zero-order chi connectivity index (χ0) is 18.9. The number of rotatable bonds is 5. The van der Waals surface area contributed by atoms with E-state index in [0.717, 1.165) is 19.4 Å². The molecule has 1 N–H and O–H groups in total. The Morgan fingerprint density at radius 3 is 2.88 bits per heavy atom. The van der Waals surface area contributed by atoms with Crippen molar-refractivity contribution in [3.63, 3.8) is 0 Å². The molecule has 0 aromatic carbocycles. The van der Waals surface area contributed by atoms with Crippen LogP contribution in [0.25, 0.3) is 0 Å². The van der Waals surface area contributed by atoms with Crippen molar-refractivity contribution in [2.45, 2.75) is 64.3 Å². The number of nitrogens with zero attached hydrogens (tertiary/aromatic N) is 6. The Labute approximate surface area is 152 Å². The third-order valence-corrected chi connectivity index (χ3v) is 6.58. The van der Waals surface area contributed by atoms with Gasteiger partial charge >= 0.3 is 0 Å². The van der Waals surface area contributed by atoms with Crippen LogP contribution in [0.15, 0.2) is 6.33 Å². The number of hydrogen-bond acceptors (Lipinski definition) is 6. The van der Waals surface area contributed by atoms with Gasteiger partial charge in [-0.3, -0.25) is 4.79 Å². The lowest BCUT2D eigenvalue weighted by Crippen LogP contribution is -2.55. The van der Waals surface area contributed by atoms with Gasteiger partial charge in [0.1, 0.15) is 18.5 Å². The van der Waals surface area contributed by atoms with Crippen LogP contribution in [0.1, 0.15) is 40.0 Å². The van der Waals surface area contributed by atoms with Crippen molar-refractivity contribution in [3.8, 4) is 6.07 Å². The number of carbonyl (C=O) groups is 1. The third kappa shape index (κ3) is 3.30. The van der Waals surface area contributed by atoms with Gasteiger partial charge in [0.15, 0.2) is 0 Å². The summed E-state index contributed by atoms with van der Waals surface area (Å²) in [4.78, 5) is 13.9. The molecular formula is C17H26FN7O. The minimum absolute atomic E-state index is 0.0147. The van der Waals surface area contributed by atoms with Gasteiger partial charge in [0, 0.05) is 18.5 Å². The van der Waals surface area contributed by atoms with E-state index in [2.05, 4.69) is 41.6 Å². The molecule has 26 heavy (non-hydrogen) atoms. The van der Waals surface area contributed by atoms with E-state index in [1.165, 1.54) is 4.90 Å². The molecule has 1 amide bonds. The smallest absolute Gasteiger partial charge is 0.237 e. The average Bonchev–Trinajstić information content (AvgIpc) is 3.29. The van der Waals surface area contributed by atoms with Crippen LogP contribution in [-0.4, -0.2) is 61.9 Å². The van der Waals surface area contributed by atoms with Gasteiger partial charge in [-0.15, -0.1) is 5.10 Å². The zero-order valence-electron chi connectivity index (χ0n) is 15.5. The molecule has 2 unspecified atom stereocenters. The third-order valence-electron chi connectivity index (χ3n) is 6.58. The molecule has 0 spiro atoms. The van der Waals surface area contributed by atoms with Crippen LogP contribution < -0.4 is 5.32 Å². The van der Waals surface area contributed by atoms with Crippen LogP contribution in [0.3, 0.4) is 0 Å². The maximum atomic E-state index is 13.6. The fraction of sp³-hybridized carbons (Fsp3) is 0.824. The second kappa shape index (κ2) is 6.91. The summed E-state index contributed by atoms with van der Waals surface area (Å²) < 4.78 is 15.3. The monoisotopic (exact) mass is 363 g/mol. The lowest BCUT2D eigenvalue weighted by atomic mass is 9.71. The number of alkyl halides is 1. The van der Waals surface area contributed by atoms with Crippen molar-refractivity contribution in [2.24, 2.45) is 11.3 Å². The summed E-state index contributed by atoms with van der Waals surface area (Å²) in [6, 6.07) is 1.37. The van der Waals surface area contributed by atoms with E-state index in [4.69, 9.17) is 5.26 Å². The number of tetrazole rings is 1. The average molecular weight is 363 g/mol. The van der Waals surface area contributed by atoms with E-state index in [1.807, 2.05) is 6.07 Å². The second-order valence-corrected chi connectivity index (χ2v) is 8.20. The Hall–Kier alpha value is -2.08. The molecule has 2 aliphatic rings. The van der Waals surface area contributed by atoms with E-state index in [0.29, 0.717) is 5.92 Å². The van der Waals surface area contributed by atoms with Crippen molar-refractivity contribution < 1.29 is 9.18 Å². The normalized spacial score (nSPS) is 33.3. The highest BCUT2D eigenvalue weighted by Crippen LogP contribution is 2.50. The van der Waals surface area contributed by atoms with Crippen LogP contribution in [-0.2, 0) is 11.3 Å². The van der Waals surface area contributed by atoms with Gasteiger partial charge in [0.2, 0.25) is 5.91 Å². The Balaban J connectivity index is 1.62. The molecule has 1 aliphatic carbocycles. The molecule has 8 nitrogen and oxygen atoms in total. The predicted octanol–water partition coefficient (Wildman–Crippen LogP) is 0.920. The Bertz CT molecular complexity index is 686. The minimum Gasteiger partial charge on any atom is -0.323 e. The molecule has 2 heterocycles. The predicted molar refractivity (Wildman–Crippen MR) is 91.4 cm³/mol. The van der Waals surface area contributed by atoms with Gasteiger partial charge in [-0.2, -0.15) is 5.26 Å². The molecule has 0 radical (unpaired) electrons. The number of nitriles is 1. The van der Waals surface area contributed by atoms with E-state index in [1.54, 1.807) is 11.0 Å². The van der Waals surface area contributed by atoms with Crippen molar-refractivity contribution in [2.75, 3.05) is 13.1 Å². The van der Waals surface area contributed by atoms with Crippen LogP contribution in [0.5, 0.6) is 0 Å². The van der Waals surface area contributed by atoms with Gasteiger partial charge in [-0.25, -0.2) is 9.07 Å². The first-order valence-corrected chi connectivity index (χ1v) is 9.06. The molecule has 1 aromatic rings. The summed E-state index contributed by atoms with van der Waals surface area (Å²) in [5, 5.41) is 23.9. The molecule has 9 heteroatoms. The van der Waals surface area contributed by atoms with E-state index >= 15 is 0 Å². The molecule has 4 atom stereocenters. The molecule has 0 bridgehead atoms. The van der Waals surface area contributed by atoms with Crippen molar-refractivity contribution in [1.82, 2.24) is 30.4 Å². The Morgan fingerprint density at radius 2 is 2.23 bits per heavy atom. The van der Waals surface area contributed by atoms with Crippen molar-refractivity contribution in [1.29, 1.82) is 5.26 Å². The number of hydrogen-bond donors (Lipinski definition) is 1. The fourth-order valence-corrected chi connectivity index (χ4v) is 4.28. The molecule has 1 aromatic heterocycles. The molecular weight excluding hydrogens is 337 g/mol. The van der Waals surface area contributed by atoms with Crippen LogP contribution in [0.4, 0.5) is 4.39 Å². The summed E-state index contributed by atoms with van der Waals surface area (Å²) in [7, 11) is 0. The highest BCUT2D eigenvalue weighted by Gasteiger charge is 2.51. The van der Waals surface area contributed by atoms with Crippen molar-refractivity contribution in [3.05, 3.63) is 6.33 Å². The maximum Gasteiger partial charge on any atom is 0.237 e. The molecule has 1 saturated carbocycles. The molecule has 1 aliphatic heterocycles. The molecule has 2 fully saturated rings. The van der Waals surface area contributed by atoms with Crippen LogP contribution in [0, 0.1) is 22.7 Å². The highest BCUT2D eigenvalue weighted by molar-refractivity contribution is 5.79. The molecule has 1 saturated heterocycles. The standard InChI is InChI=1S/C17H26FN7O/c1-16(2)12(9-24-11-21-22-23-24)4-5-17(16,3)20-8-15(26)25-10-13(18)6-14(25)7-19/h11-14,20H,4-6,8-10H2,1-3H3/t12?,13-,14-,17?/m0/s1. The number of likely N-dealkylation sites (tertiary alicyclic amines) is 1. The summed E-state index contributed by atoms with van der Waals surface area (Å²) in [6.45, 7) is 7.38. The van der Waals surface area contributed by atoms with E-state index in [-0.39, 0.29) is 36.4 Å². The topological polar surface area (TPSA) is 99.7 Å². The number of carbonyl (C=O) groups excluding carboxylic acids is 1. The van der Waals surface area contributed by atoms with Crippen LogP contribution in [0.2, 0.25) is 0 Å². The second-order valence-electron chi connectivity index (χ2n) is 8.20. The van der Waals surface area contributed by atoms with Gasteiger partial charge < -0.3 is 10.2 Å². The Morgan fingerprint density at radius 1 is 1.46 bits per heavy atom. The van der Waals surface area contributed by atoms with E-state index in [9.17, 15) is 9.18 Å². The zero-order valence-corrected chi connectivity index (χ0v) is 15.5. The van der Waals surface area contributed by atoms with E-state index < -0.39 is 12.2 Å². The lowest BCUT2D eigenvalue weighted by Gasteiger charge is -2.42. The lowest BCUT2D eigenvalue weighted by molar-refractivity contribution is -0.131. The maximum absolute atomic E-state index is 13.6. The van der Waals surface area contributed by atoms with Gasteiger partial charge in [-0.1, -0.05) is 13.8 Å². The SMILES string of the molecule is CC1(NCC(=O)N2C[C@@H](F)C[C@H]2C#N)CCC(Cn2cnnn2)C1(C)C. The van der Waals surface area contributed by atoms with Gasteiger partial charge in [0.05, 0.1) is 19.2 Å². The minimum atomic E-state index is -1.11. The first-order chi connectivity index (χ1) is 12.3. The highest BCUT2D eigenvalue weighted by atomic mass is 19.1. The number of halogens is 1. The summed E-state index contributed by atoms with van der Waals surface area (Å²) in [5.41, 5.74) is -0.320. The first-order valence-electron chi connectivity index (χ1n) is 9.06. The molecule has 3 rings (SSSR count). The number of aromatic nitrogens is 4. The summed E-state index contributed by atoms with van der Waals surface area (Å²) in [6.07, 6.45) is 2.54. The van der Waals surface area contributed by atoms with Crippen molar-refractivity contribution >= 4 is 5.91 Å². The number of amides is 1. The number of nitrogens with one attached hydrogen (secondary N) is 1. The van der Waals surface area contributed by atoms with Gasteiger partial charge in [0.25, 0.3) is 0 Å². The van der Waals surface area contributed by atoms with Gasteiger partial charge in [-0.05, 0) is 41.5 Å². The fourth-order valence-electron chi connectivity index (χ4n) is 4.28. The summed E-state index contributed by atoms with van der Waals surface area (Å²) in [5.74, 6) is 0.158. The summed E-state index contributed by atoms with van der Waals surface area (Å²) >= 11 is 0. The molecule has 142 valence electrons. The quantitative estimate of drug-likeness (QED) is 0.835.